The Bertz CT molecular complexity index is 638. The highest BCUT2D eigenvalue weighted by atomic mass is 19.1. The Morgan fingerprint density at radius 1 is 1.19 bits per heavy atom. The van der Waals surface area contributed by atoms with Crippen LogP contribution in [0.5, 0.6) is 0 Å². The third kappa shape index (κ3) is 3.76. The SMILES string of the molecule is CCCNC(=O)C1CCCN(C(=O)C2(c3ccc(F)cc3)CCCC2)C1. The molecule has 1 aliphatic heterocycles. The van der Waals surface area contributed by atoms with Gasteiger partial charge >= 0.3 is 0 Å². The van der Waals surface area contributed by atoms with Crippen molar-refractivity contribution in [3.8, 4) is 0 Å². The number of hydrogen-bond donors (Lipinski definition) is 1. The first-order valence-corrected chi connectivity index (χ1v) is 9.90. The summed E-state index contributed by atoms with van der Waals surface area (Å²) in [4.78, 5) is 27.7. The maximum atomic E-state index is 13.5. The quantitative estimate of drug-likeness (QED) is 0.875. The van der Waals surface area contributed by atoms with Gasteiger partial charge in [-0.05, 0) is 49.8 Å². The highest BCUT2D eigenvalue weighted by Gasteiger charge is 2.46. The minimum absolute atomic E-state index is 0.0617. The van der Waals surface area contributed by atoms with Crippen LogP contribution >= 0.6 is 0 Å². The molecule has 1 saturated heterocycles. The van der Waals surface area contributed by atoms with Gasteiger partial charge in [-0.3, -0.25) is 9.59 Å². The second kappa shape index (κ2) is 8.19. The van der Waals surface area contributed by atoms with Gasteiger partial charge in [0.15, 0.2) is 0 Å². The Morgan fingerprint density at radius 2 is 1.88 bits per heavy atom. The Morgan fingerprint density at radius 3 is 2.54 bits per heavy atom. The van der Waals surface area contributed by atoms with Gasteiger partial charge in [0.2, 0.25) is 11.8 Å². The largest absolute Gasteiger partial charge is 0.356 e. The Hall–Kier alpha value is -1.91. The predicted molar refractivity (Wildman–Crippen MR) is 99.2 cm³/mol. The number of benzene rings is 1. The first kappa shape index (κ1) is 18.9. The molecule has 0 aromatic heterocycles. The molecule has 5 heteroatoms. The molecular weight excluding hydrogens is 331 g/mol. The lowest BCUT2D eigenvalue weighted by atomic mass is 9.77. The summed E-state index contributed by atoms with van der Waals surface area (Å²) in [5.41, 5.74) is 0.370. The van der Waals surface area contributed by atoms with E-state index in [-0.39, 0.29) is 23.5 Å². The smallest absolute Gasteiger partial charge is 0.233 e. The van der Waals surface area contributed by atoms with E-state index in [1.165, 1.54) is 12.1 Å². The Balaban J connectivity index is 1.77. The van der Waals surface area contributed by atoms with E-state index in [1.807, 2.05) is 11.8 Å². The van der Waals surface area contributed by atoms with Crippen molar-refractivity contribution < 1.29 is 14.0 Å². The molecule has 4 nitrogen and oxygen atoms in total. The molecule has 1 saturated carbocycles. The van der Waals surface area contributed by atoms with Gasteiger partial charge in [-0.1, -0.05) is 31.9 Å². The van der Waals surface area contributed by atoms with Crippen molar-refractivity contribution in [1.29, 1.82) is 0 Å². The number of nitrogens with one attached hydrogen (secondary N) is 1. The number of likely N-dealkylation sites (tertiary alicyclic amines) is 1. The number of amides is 2. The van der Waals surface area contributed by atoms with Gasteiger partial charge in [0, 0.05) is 19.6 Å². The van der Waals surface area contributed by atoms with E-state index in [4.69, 9.17) is 0 Å². The maximum Gasteiger partial charge on any atom is 0.233 e. The minimum atomic E-state index is -0.546. The second-order valence-electron chi connectivity index (χ2n) is 7.68. The molecule has 3 rings (SSSR count). The third-order valence-corrected chi connectivity index (χ3v) is 5.89. The highest BCUT2D eigenvalue weighted by molar-refractivity contribution is 5.89. The molecule has 1 aromatic carbocycles. The third-order valence-electron chi connectivity index (χ3n) is 5.89. The molecule has 2 aliphatic rings. The molecule has 1 heterocycles. The number of rotatable bonds is 5. The summed E-state index contributed by atoms with van der Waals surface area (Å²) in [6.07, 6.45) is 6.24. The van der Waals surface area contributed by atoms with Crippen LogP contribution in [0.4, 0.5) is 4.39 Å². The molecule has 142 valence electrons. The van der Waals surface area contributed by atoms with Crippen LogP contribution in [-0.2, 0) is 15.0 Å². The van der Waals surface area contributed by atoms with E-state index in [0.717, 1.165) is 50.5 Å². The average Bonchev–Trinajstić information content (AvgIpc) is 3.17. The molecule has 0 spiro atoms. The van der Waals surface area contributed by atoms with Gasteiger partial charge < -0.3 is 10.2 Å². The molecule has 0 radical (unpaired) electrons. The maximum absolute atomic E-state index is 13.5. The topological polar surface area (TPSA) is 49.4 Å². The van der Waals surface area contributed by atoms with Crippen LogP contribution in [-0.4, -0.2) is 36.3 Å². The molecule has 2 fully saturated rings. The van der Waals surface area contributed by atoms with Crippen molar-refractivity contribution in [3.05, 3.63) is 35.6 Å². The van der Waals surface area contributed by atoms with Crippen LogP contribution in [0.1, 0.15) is 57.4 Å². The second-order valence-corrected chi connectivity index (χ2v) is 7.68. The fraction of sp³-hybridized carbons (Fsp3) is 0.619. The van der Waals surface area contributed by atoms with E-state index >= 15 is 0 Å². The summed E-state index contributed by atoms with van der Waals surface area (Å²) in [6, 6.07) is 6.40. The lowest BCUT2D eigenvalue weighted by Crippen LogP contribution is -2.51. The first-order valence-electron chi connectivity index (χ1n) is 9.90. The van der Waals surface area contributed by atoms with E-state index in [0.29, 0.717) is 19.6 Å². The van der Waals surface area contributed by atoms with Crippen LogP contribution in [0.2, 0.25) is 0 Å². The molecule has 1 N–H and O–H groups in total. The van der Waals surface area contributed by atoms with Gasteiger partial charge in [-0.2, -0.15) is 0 Å². The molecule has 1 unspecified atom stereocenters. The van der Waals surface area contributed by atoms with E-state index in [1.54, 1.807) is 12.1 Å². The van der Waals surface area contributed by atoms with Crippen molar-refractivity contribution in [2.75, 3.05) is 19.6 Å². The lowest BCUT2D eigenvalue weighted by Gasteiger charge is -2.39. The minimum Gasteiger partial charge on any atom is -0.356 e. The highest BCUT2D eigenvalue weighted by Crippen LogP contribution is 2.43. The zero-order valence-corrected chi connectivity index (χ0v) is 15.6. The number of carbonyl (C=O) groups is 2. The van der Waals surface area contributed by atoms with Crippen LogP contribution in [0.25, 0.3) is 0 Å². The number of halogens is 1. The van der Waals surface area contributed by atoms with Gasteiger partial charge in [-0.15, -0.1) is 0 Å². The van der Waals surface area contributed by atoms with E-state index in [9.17, 15) is 14.0 Å². The molecule has 1 aliphatic carbocycles. The van der Waals surface area contributed by atoms with Crippen LogP contribution in [0.3, 0.4) is 0 Å². The zero-order valence-electron chi connectivity index (χ0n) is 15.6. The summed E-state index contributed by atoms with van der Waals surface area (Å²) in [5.74, 6) is -0.216. The fourth-order valence-electron chi connectivity index (χ4n) is 4.44. The predicted octanol–water partition coefficient (Wildman–Crippen LogP) is 3.40. The first-order chi connectivity index (χ1) is 12.6. The van der Waals surface area contributed by atoms with Crippen molar-refractivity contribution in [3.63, 3.8) is 0 Å². The summed E-state index contributed by atoms with van der Waals surface area (Å²) in [6.45, 7) is 3.92. The monoisotopic (exact) mass is 360 g/mol. The summed E-state index contributed by atoms with van der Waals surface area (Å²) < 4.78 is 13.4. The number of carbonyl (C=O) groups excluding carboxylic acids is 2. The zero-order chi connectivity index (χ0) is 18.6. The van der Waals surface area contributed by atoms with Crippen LogP contribution in [0, 0.1) is 11.7 Å². The van der Waals surface area contributed by atoms with E-state index in [2.05, 4.69) is 5.32 Å². The van der Waals surface area contributed by atoms with Crippen molar-refractivity contribution in [1.82, 2.24) is 10.2 Å². The average molecular weight is 360 g/mol. The number of nitrogens with zero attached hydrogens (tertiary/aromatic N) is 1. The number of piperidine rings is 1. The van der Waals surface area contributed by atoms with Crippen molar-refractivity contribution in [2.24, 2.45) is 5.92 Å². The molecule has 0 bridgehead atoms. The molecule has 1 atom stereocenters. The lowest BCUT2D eigenvalue weighted by molar-refractivity contribution is -0.141. The standard InChI is InChI=1S/C21H29FN2O2/c1-2-13-23-19(25)16-6-5-14-24(15-16)20(26)21(11-3-4-12-21)17-7-9-18(22)10-8-17/h7-10,16H,2-6,11-15H2,1H3,(H,23,25). The summed E-state index contributed by atoms with van der Waals surface area (Å²) in [5, 5.41) is 2.96. The molecular formula is C21H29FN2O2. The van der Waals surface area contributed by atoms with E-state index < -0.39 is 5.41 Å². The normalized spacial score (nSPS) is 22.2. The van der Waals surface area contributed by atoms with Gasteiger partial charge in [-0.25, -0.2) is 4.39 Å². The molecule has 1 aromatic rings. The van der Waals surface area contributed by atoms with Crippen molar-refractivity contribution >= 4 is 11.8 Å². The Kier molecular flexibility index (Phi) is 5.94. The molecule has 26 heavy (non-hydrogen) atoms. The summed E-state index contributed by atoms with van der Waals surface area (Å²) in [7, 11) is 0. The van der Waals surface area contributed by atoms with Gasteiger partial charge in [0.1, 0.15) is 5.82 Å². The fourth-order valence-corrected chi connectivity index (χ4v) is 4.44. The van der Waals surface area contributed by atoms with Gasteiger partial charge in [0.25, 0.3) is 0 Å². The van der Waals surface area contributed by atoms with Gasteiger partial charge in [0.05, 0.1) is 11.3 Å². The Labute approximate surface area is 155 Å². The number of hydrogen-bond acceptors (Lipinski definition) is 2. The van der Waals surface area contributed by atoms with Crippen LogP contribution in [0.15, 0.2) is 24.3 Å². The molecule has 2 amide bonds. The van der Waals surface area contributed by atoms with Crippen LogP contribution < -0.4 is 5.32 Å². The van der Waals surface area contributed by atoms with Crippen molar-refractivity contribution in [2.45, 2.75) is 57.3 Å². The summed E-state index contributed by atoms with van der Waals surface area (Å²) >= 11 is 0.